The van der Waals surface area contributed by atoms with Crippen molar-refractivity contribution in [3.05, 3.63) is 83.4 Å². The van der Waals surface area contributed by atoms with Crippen molar-refractivity contribution in [1.29, 1.82) is 0 Å². The van der Waals surface area contributed by atoms with E-state index in [1.54, 1.807) is 23.2 Å². The molecule has 6 nitrogen and oxygen atoms in total. The number of carbonyl (C=O) groups is 2. The largest absolute Gasteiger partial charge is 0.335 e. The third-order valence-electron chi connectivity index (χ3n) is 5.22. The van der Waals surface area contributed by atoms with Gasteiger partial charge in [0, 0.05) is 49.1 Å². The second-order valence-electron chi connectivity index (χ2n) is 7.13. The van der Waals surface area contributed by atoms with Crippen LogP contribution in [0.25, 0.3) is 0 Å². The Morgan fingerprint density at radius 2 is 1.96 bits per heavy atom. The molecule has 1 aliphatic heterocycles. The van der Waals surface area contributed by atoms with Crippen molar-refractivity contribution in [1.82, 2.24) is 20.1 Å². The van der Waals surface area contributed by atoms with Crippen LogP contribution in [-0.2, 0) is 11.2 Å². The molecule has 4 rings (SSSR count). The molecular weight excluding hydrogens is 352 g/mol. The summed E-state index contributed by atoms with van der Waals surface area (Å²) in [5, 5.41) is 7.38. The summed E-state index contributed by atoms with van der Waals surface area (Å²) in [4.78, 5) is 30.8. The molecular formula is C22H22N4O2. The van der Waals surface area contributed by atoms with Gasteiger partial charge in [0.1, 0.15) is 0 Å². The topological polar surface area (TPSA) is 79.0 Å². The second-order valence-corrected chi connectivity index (χ2v) is 7.13. The maximum absolute atomic E-state index is 12.7. The standard InChI is InChI=1S/C22H22N4O2/c27-21(17-8-4-10-23-13-17)22(28)26-11-5-9-18(15-26)20-19(14-24-25-20)12-16-6-2-1-3-7-16/h1-4,6-8,10,13-14,18H,5,9,11-12,15H2,(H,24,25)/t18-/m0/s1. The fraction of sp³-hybridized carbons (Fsp3) is 0.273. The summed E-state index contributed by atoms with van der Waals surface area (Å²) in [5.41, 5.74) is 3.76. The van der Waals surface area contributed by atoms with E-state index < -0.39 is 11.7 Å². The zero-order chi connectivity index (χ0) is 19.3. The molecule has 1 amide bonds. The van der Waals surface area contributed by atoms with Crippen LogP contribution in [0.2, 0.25) is 0 Å². The lowest BCUT2D eigenvalue weighted by Crippen LogP contribution is -2.43. The Balaban J connectivity index is 1.48. The molecule has 0 unspecified atom stereocenters. The summed E-state index contributed by atoms with van der Waals surface area (Å²) in [6, 6.07) is 13.5. The Hall–Kier alpha value is -3.28. The number of ketones is 1. The lowest BCUT2D eigenvalue weighted by Gasteiger charge is -2.32. The predicted octanol–water partition coefficient (Wildman–Crippen LogP) is 2.98. The van der Waals surface area contributed by atoms with Crippen molar-refractivity contribution in [3.8, 4) is 0 Å². The van der Waals surface area contributed by atoms with Crippen LogP contribution in [0.3, 0.4) is 0 Å². The lowest BCUT2D eigenvalue weighted by molar-refractivity contribution is -0.127. The van der Waals surface area contributed by atoms with Crippen molar-refractivity contribution in [2.75, 3.05) is 13.1 Å². The number of nitrogens with one attached hydrogen (secondary N) is 1. The summed E-state index contributed by atoms with van der Waals surface area (Å²) in [7, 11) is 0. The Labute approximate surface area is 163 Å². The first-order valence-corrected chi connectivity index (χ1v) is 9.52. The Morgan fingerprint density at radius 1 is 1.11 bits per heavy atom. The Morgan fingerprint density at radius 3 is 2.75 bits per heavy atom. The van der Waals surface area contributed by atoms with Crippen LogP contribution in [0.15, 0.2) is 61.1 Å². The fourth-order valence-corrected chi connectivity index (χ4v) is 3.79. The van der Waals surface area contributed by atoms with E-state index >= 15 is 0 Å². The fourth-order valence-electron chi connectivity index (χ4n) is 3.79. The van der Waals surface area contributed by atoms with Gasteiger partial charge in [-0.25, -0.2) is 0 Å². The lowest BCUT2D eigenvalue weighted by atomic mass is 9.90. The van der Waals surface area contributed by atoms with Crippen molar-refractivity contribution in [3.63, 3.8) is 0 Å². The third-order valence-corrected chi connectivity index (χ3v) is 5.22. The number of amides is 1. The number of rotatable bonds is 5. The maximum atomic E-state index is 12.7. The van der Waals surface area contributed by atoms with Crippen molar-refractivity contribution >= 4 is 11.7 Å². The molecule has 3 heterocycles. The van der Waals surface area contributed by atoms with Crippen LogP contribution in [0, 0.1) is 0 Å². The van der Waals surface area contributed by atoms with Crippen LogP contribution in [-0.4, -0.2) is 44.9 Å². The van der Waals surface area contributed by atoms with Gasteiger partial charge in [0.15, 0.2) is 0 Å². The van der Waals surface area contributed by atoms with Crippen LogP contribution in [0.4, 0.5) is 0 Å². The predicted molar refractivity (Wildman–Crippen MR) is 105 cm³/mol. The van der Waals surface area contributed by atoms with E-state index in [0.717, 1.165) is 30.5 Å². The van der Waals surface area contributed by atoms with Crippen LogP contribution in [0.5, 0.6) is 0 Å². The van der Waals surface area contributed by atoms with Gasteiger partial charge in [0.2, 0.25) is 0 Å². The van der Waals surface area contributed by atoms with Crippen molar-refractivity contribution < 1.29 is 9.59 Å². The molecule has 1 aromatic carbocycles. The molecule has 1 N–H and O–H groups in total. The molecule has 0 radical (unpaired) electrons. The number of H-pyrrole nitrogens is 1. The second kappa shape index (κ2) is 8.17. The molecule has 0 aliphatic carbocycles. The van der Waals surface area contributed by atoms with Gasteiger partial charge in [0.25, 0.3) is 11.7 Å². The van der Waals surface area contributed by atoms with Crippen LogP contribution < -0.4 is 0 Å². The highest BCUT2D eigenvalue weighted by atomic mass is 16.2. The highest BCUT2D eigenvalue weighted by Crippen LogP contribution is 2.29. The van der Waals surface area contributed by atoms with Crippen molar-refractivity contribution in [2.45, 2.75) is 25.2 Å². The number of Topliss-reactive ketones (excluding diaryl/α,β-unsaturated/α-hetero) is 1. The minimum atomic E-state index is -0.497. The van der Waals surface area contributed by atoms with Crippen molar-refractivity contribution in [2.24, 2.45) is 0 Å². The highest BCUT2D eigenvalue weighted by Gasteiger charge is 2.30. The molecule has 0 bridgehead atoms. The van der Waals surface area contributed by atoms with E-state index in [2.05, 4.69) is 27.3 Å². The molecule has 1 saturated heterocycles. The highest BCUT2D eigenvalue weighted by molar-refractivity contribution is 6.42. The van der Waals surface area contributed by atoms with Gasteiger partial charge in [-0.15, -0.1) is 0 Å². The molecule has 3 aromatic rings. The molecule has 142 valence electrons. The number of carbonyl (C=O) groups excluding carboxylic acids is 2. The average Bonchev–Trinajstić information content (AvgIpc) is 3.22. The number of hydrogen-bond donors (Lipinski definition) is 1. The number of aromatic nitrogens is 3. The van der Waals surface area contributed by atoms with E-state index in [1.165, 1.54) is 11.8 Å². The first-order chi connectivity index (χ1) is 13.7. The summed E-state index contributed by atoms with van der Waals surface area (Å²) in [6.45, 7) is 1.12. The van der Waals surface area contributed by atoms with Crippen LogP contribution in [0.1, 0.15) is 45.9 Å². The summed E-state index contributed by atoms with van der Waals surface area (Å²) < 4.78 is 0. The maximum Gasteiger partial charge on any atom is 0.295 e. The smallest absolute Gasteiger partial charge is 0.295 e. The number of pyridine rings is 1. The third kappa shape index (κ3) is 3.86. The van der Waals surface area contributed by atoms with E-state index in [-0.39, 0.29) is 5.92 Å². The van der Waals surface area contributed by atoms with Gasteiger partial charge < -0.3 is 4.90 Å². The zero-order valence-corrected chi connectivity index (χ0v) is 15.5. The number of piperidine rings is 1. The van der Waals surface area contributed by atoms with Gasteiger partial charge >= 0.3 is 0 Å². The van der Waals surface area contributed by atoms with E-state index in [9.17, 15) is 9.59 Å². The van der Waals surface area contributed by atoms with Gasteiger partial charge in [-0.3, -0.25) is 19.7 Å². The number of hydrogen-bond acceptors (Lipinski definition) is 4. The monoisotopic (exact) mass is 374 g/mol. The summed E-state index contributed by atoms with van der Waals surface area (Å²) in [5.74, 6) is -0.801. The molecule has 0 saturated carbocycles. The Kier molecular flexibility index (Phi) is 5.28. The first kappa shape index (κ1) is 18.1. The Bertz CT molecular complexity index is 953. The van der Waals surface area contributed by atoms with Gasteiger partial charge in [-0.1, -0.05) is 30.3 Å². The molecule has 28 heavy (non-hydrogen) atoms. The molecule has 0 spiro atoms. The quantitative estimate of drug-likeness (QED) is 0.550. The van der Waals surface area contributed by atoms with E-state index in [4.69, 9.17) is 0 Å². The normalized spacial score (nSPS) is 16.7. The molecule has 2 aromatic heterocycles. The number of aromatic amines is 1. The first-order valence-electron chi connectivity index (χ1n) is 9.52. The minimum Gasteiger partial charge on any atom is -0.335 e. The number of nitrogens with zero attached hydrogens (tertiary/aromatic N) is 3. The van der Waals surface area contributed by atoms with E-state index in [0.29, 0.717) is 18.7 Å². The zero-order valence-electron chi connectivity index (χ0n) is 15.5. The summed E-state index contributed by atoms with van der Waals surface area (Å²) >= 11 is 0. The number of benzene rings is 1. The number of likely N-dealkylation sites (tertiary alicyclic amines) is 1. The van der Waals surface area contributed by atoms with Crippen LogP contribution >= 0.6 is 0 Å². The summed E-state index contributed by atoms with van der Waals surface area (Å²) in [6.07, 6.45) is 7.52. The molecule has 6 heteroatoms. The molecule has 1 fully saturated rings. The van der Waals surface area contributed by atoms with Gasteiger partial charge in [-0.2, -0.15) is 5.10 Å². The average molecular weight is 374 g/mol. The SMILES string of the molecule is O=C(C(=O)N1CCC[C@H](c2[nH]ncc2Cc2ccccc2)C1)c1cccnc1. The minimum absolute atomic E-state index is 0.153. The van der Waals surface area contributed by atoms with Gasteiger partial charge in [-0.05, 0) is 36.1 Å². The molecule has 1 aliphatic rings. The van der Waals surface area contributed by atoms with E-state index in [1.807, 2.05) is 24.4 Å². The molecule has 1 atom stereocenters. The van der Waals surface area contributed by atoms with Gasteiger partial charge in [0.05, 0.1) is 6.20 Å².